The van der Waals surface area contributed by atoms with E-state index in [0.29, 0.717) is 6.04 Å². The molecule has 0 radical (unpaired) electrons. The van der Waals surface area contributed by atoms with Crippen LogP contribution in [0.3, 0.4) is 0 Å². The van der Waals surface area contributed by atoms with E-state index in [1.807, 2.05) is 25.8 Å². The summed E-state index contributed by atoms with van der Waals surface area (Å²) in [6, 6.07) is 0.587. The van der Waals surface area contributed by atoms with E-state index < -0.39 is 0 Å². The van der Waals surface area contributed by atoms with Crippen molar-refractivity contribution in [3.05, 3.63) is 0 Å². The number of hydrogen-bond donors (Lipinski definition) is 1. The Balaban J connectivity index is 1.62. The quantitative estimate of drug-likeness (QED) is 0.845. The second-order valence-corrected chi connectivity index (χ2v) is 7.20. The van der Waals surface area contributed by atoms with E-state index in [1.165, 1.54) is 32.1 Å². The fraction of sp³-hybridized carbons (Fsp3) is 0.938. The summed E-state index contributed by atoms with van der Waals surface area (Å²) in [5.74, 6) is 3.95. The molecular formula is C16H28N2O. The van der Waals surface area contributed by atoms with Crippen LogP contribution in [-0.4, -0.2) is 36.5 Å². The molecule has 4 rings (SSSR count). The number of amides is 1. The maximum absolute atomic E-state index is 12.2. The van der Waals surface area contributed by atoms with Crippen LogP contribution in [-0.2, 0) is 4.79 Å². The Morgan fingerprint density at radius 3 is 2.16 bits per heavy atom. The molecule has 3 nitrogen and oxygen atoms in total. The molecule has 3 heteroatoms. The third-order valence-electron chi connectivity index (χ3n) is 5.89. The Morgan fingerprint density at radius 2 is 1.68 bits per heavy atom. The highest BCUT2D eigenvalue weighted by Gasteiger charge is 2.48. The van der Waals surface area contributed by atoms with Crippen LogP contribution in [0.25, 0.3) is 0 Å². The molecule has 0 aromatic carbocycles. The molecule has 4 aliphatic rings. The molecule has 19 heavy (non-hydrogen) atoms. The molecule has 0 aromatic rings. The van der Waals surface area contributed by atoms with E-state index in [9.17, 15) is 4.79 Å². The predicted octanol–water partition coefficient (Wildman–Crippen LogP) is 2.27. The van der Waals surface area contributed by atoms with Crippen LogP contribution in [0.4, 0.5) is 0 Å². The number of nitrogens with zero attached hydrogens (tertiary/aromatic N) is 1. The monoisotopic (exact) mass is 264 g/mol. The molecule has 0 saturated heterocycles. The van der Waals surface area contributed by atoms with Gasteiger partial charge in [-0.2, -0.15) is 0 Å². The predicted molar refractivity (Wildman–Crippen MR) is 76.7 cm³/mol. The zero-order valence-electron chi connectivity index (χ0n) is 12.6. The number of carbonyl (C=O) groups is 1. The van der Waals surface area contributed by atoms with Gasteiger partial charge in [0, 0.05) is 19.6 Å². The molecule has 4 fully saturated rings. The SMILES string of the molecule is CCN(C)C(=O)C(C)NC1C2CC3CC(C2)CC1C3. The Kier molecular flexibility index (Phi) is 3.59. The molecule has 0 aromatic heterocycles. The first-order valence-corrected chi connectivity index (χ1v) is 8.09. The van der Waals surface area contributed by atoms with Gasteiger partial charge in [0.25, 0.3) is 0 Å². The highest BCUT2D eigenvalue weighted by molar-refractivity contribution is 5.81. The fourth-order valence-corrected chi connectivity index (χ4v) is 5.04. The van der Waals surface area contributed by atoms with Crippen molar-refractivity contribution >= 4 is 5.91 Å². The van der Waals surface area contributed by atoms with Gasteiger partial charge in [-0.15, -0.1) is 0 Å². The molecule has 4 saturated carbocycles. The van der Waals surface area contributed by atoms with Crippen molar-refractivity contribution in [1.29, 1.82) is 0 Å². The second kappa shape index (κ2) is 5.08. The first kappa shape index (κ1) is 13.4. The lowest BCUT2D eigenvalue weighted by Gasteiger charge is -2.55. The molecular weight excluding hydrogens is 236 g/mol. The Labute approximate surface area is 117 Å². The lowest BCUT2D eigenvalue weighted by Crippen LogP contribution is -2.58. The van der Waals surface area contributed by atoms with E-state index in [1.54, 1.807) is 0 Å². The molecule has 108 valence electrons. The van der Waals surface area contributed by atoms with E-state index in [4.69, 9.17) is 0 Å². The average Bonchev–Trinajstić information content (AvgIpc) is 2.40. The van der Waals surface area contributed by atoms with Crippen LogP contribution >= 0.6 is 0 Å². The van der Waals surface area contributed by atoms with E-state index >= 15 is 0 Å². The summed E-state index contributed by atoms with van der Waals surface area (Å²) in [6.07, 6.45) is 7.14. The zero-order chi connectivity index (χ0) is 13.6. The van der Waals surface area contributed by atoms with Crippen LogP contribution < -0.4 is 5.32 Å². The van der Waals surface area contributed by atoms with Crippen molar-refractivity contribution in [2.75, 3.05) is 13.6 Å². The smallest absolute Gasteiger partial charge is 0.239 e. The zero-order valence-corrected chi connectivity index (χ0v) is 12.6. The molecule has 1 amide bonds. The van der Waals surface area contributed by atoms with Crippen molar-refractivity contribution < 1.29 is 4.79 Å². The minimum Gasteiger partial charge on any atom is -0.345 e. The van der Waals surface area contributed by atoms with Crippen LogP contribution in [0, 0.1) is 23.7 Å². The van der Waals surface area contributed by atoms with E-state index in [0.717, 1.165) is 30.2 Å². The van der Waals surface area contributed by atoms with Gasteiger partial charge in [-0.3, -0.25) is 4.79 Å². The fourth-order valence-electron chi connectivity index (χ4n) is 5.04. The number of likely N-dealkylation sites (N-methyl/N-ethyl adjacent to an activating group) is 1. The normalized spacial score (nSPS) is 41.3. The lowest BCUT2D eigenvalue weighted by atomic mass is 9.54. The largest absolute Gasteiger partial charge is 0.345 e. The molecule has 0 spiro atoms. The maximum Gasteiger partial charge on any atom is 0.239 e. The van der Waals surface area contributed by atoms with Crippen molar-refractivity contribution in [1.82, 2.24) is 10.2 Å². The molecule has 1 unspecified atom stereocenters. The second-order valence-electron chi connectivity index (χ2n) is 7.20. The standard InChI is InChI=1S/C16H28N2O/c1-4-18(3)16(19)10(2)17-15-13-6-11-5-12(8-13)9-14(15)7-11/h10-15,17H,4-9H2,1-3H3. The van der Waals surface area contributed by atoms with Crippen molar-refractivity contribution in [3.63, 3.8) is 0 Å². The van der Waals surface area contributed by atoms with E-state index in [-0.39, 0.29) is 11.9 Å². The van der Waals surface area contributed by atoms with Crippen LogP contribution in [0.15, 0.2) is 0 Å². The first-order valence-electron chi connectivity index (χ1n) is 8.09. The summed E-state index contributed by atoms with van der Waals surface area (Å²) in [6.45, 7) is 4.87. The molecule has 4 aliphatic carbocycles. The Hall–Kier alpha value is -0.570. The molecule has 1 N–H and O–H groups in total. The number of carbonyl (C=O) groups excluding carboxylic acids is 1. The summed E-state index contributed by atoms with van der Waals surface area (Å²) in [4.78, 5) is 14.0. The summed E-state index contributed by atoms with van der Waals surface area (Å²) < 4.78 is 0. The Bertz CT molecular complexity index is 327. The minimum absolute atomic E-state index is 0.0209. The third-order valence-corrected chi connectivity index (χ3v) is 5.89. The van der Waals surface area contributed by atoms with Gasteiger partial charge in [0.15, 0.2) is 0 Å². The molecule has 0 aliphatic heterocycles. The Morgan fingerprint density at radius 1 is 1.16 bits per heavy atom. The number of rotatable bonds is 4. The van der Waals surface area contributed by atoms with Gasteiger partial charge < -0.3 is 10.2 Å². The highest BCUT2D eigenvalue weighted by Crippen LogP contribution is 2.53. The molecule has 0 heterocycles. The molecule has 1 atom stereocenters. The highest BCUT2D eigenvalue weighted by atomic mass is 16.2. The van der Waals surface area contributed by atoms with Gasteiger partial charge in [-0.25, -0.2) is 0 Å². The van der Waals surface area contributed by atoms with Gasteiger partial charge in [-0.05, 0) is 69.6 Å². The van der Waals surface area contributed by atoms with Crippen molar-refractivity contribution in [2.24, 2.45) is 23.7 Å². The summed E-state index contributed by atoms with van der Waals surface area (Å²) >= 11 is 0. The van der Waals surface area contributed by atoms with Gasteiger partial charge in [0.05, 0.1) is 6.04 Å². The van der Waals surface area contributed by atoms with Gasteiger partial charge in [0.2, 0.25) is 5.91 Å². The van der Waals surface area contributed by atoms with Crippen molar-refractivity contribution in [2.45, 2.75) is 58.0 Å². The van der Waals surface area contributed by atoms with Gasteiger partial charge >= 0.3 is 0 Å². The van der Waals surface area contributed by atoms with Crippen LogP contribution in [0.5, 0.6) is 0 Å². The van der Waals surface area contributed by atoms with Gasteiger partial charge in [0.1, 0.15) is 0 Å². The minimum atomic E-state index is -0.0209. The van der Waals surface area contributed by atoms with Crippen LogP contribution in [0.2, 0.25) is 0 Å². The van der Waals surface area contributed by atoms with Crippen LogP contribution in [0.1, 0.15) is 46.0 Å². The van der Waals surface area contributed by atoms with Gasteiger partial charge in [-0.1, -0.05) is 0 Å². The number of nitrogens with one attached hydrogen (secondary N) is 1. The maximum atomic E-state index is 12.2. The lowest BCUT2D eigenvalue weighted by molar-refractivity contribution is -0.132. The summed E-state index contributed by atoms with van der Waals surface area (Å²) in [5.41, 5.74) is 0. The average molecular weight is 264 g/mol. The summed E-state index contributed by atoms with van der Waals surface area (Å²) in [5, 5.41) is 3.69. The first-order chi connectivity index (χ1) is 9.08. The van der Waals surface area contributed by atoms with Crippen molar-refractivity contribution in [3.8, 4) is 0 Å². The topological polar surface area (TPSA) is 32.3 Å². The van der Waals surface area contributed by atoms with E-state index in [2.05, 4.69) is 5.32 Å². The third kappa shape index (κ3) is 2.42. The summed E-state index contributed by atoms with van der Waals surface area (Å²) in [7, 11) is 1.90. The molecule has 4 bridgehead atoms. The number of hydrogen-bond acceptors (Lipinski definition) is 2.